The van der Waals surface area contributed by atoms with E-state index in [1.165, 1.54) is 31.2 Å². The van der Waals surface area contributed by atoms with Gasteiger partial charge < -0.3 is 4.42 Å². The maximum absolute atomic E-state index is 11.0. The molecule has 0 aliphatic carbocycles. The fourth-order valence-corrected chi connectivity index (χ4v) is 2.64. The highest BCUT2D eigenvalue weighted by Gasteiger charge is 2.12. The van der Waals surface area contributed by atoms with E-state index in [1.54, 1.807) is 0 Å². The van der Waals surface area contributed by atoms with Crippen molar-refractivity contribution >= 4 is 6.29 Å². The van der Waals surface area contributed by atoms with Crippen LogP contribution in [-0.4, -0.2) is 6.29 Å². The molecule has 1 heterocycles. The van der Waals surface area contributed by atoms with Gasteiger partial charge in [0.25, 0.3) is 0 Å². The number of carbonyl (C=O) groups is 1. The first-order chi connectivity index (χ1) is 11.2. The molecule has 0 amide bonds. The Morgan fingerprint density at radius 2 is 1.78 bits per heavy atom. The summed E-state index contributed by atoms with van der Waals surface area (Å²) >= 11 is 0. The lowest BCUT2D eigenvalue weighted by atomic mass is 10.0. The Hall–Kier alpha value is -1.83. The molecule has 0 saturated carbocycles. The van der Waals surface area contributed by atoms with Gasteiger partial charge in [-0.3, -0.25) is 4.79 Å². The van der Waals surface area contributed by atoms with E-state index in [-0.39, 0.29) is 0 Å². The molecule has 0 N–H and O–H groups in total. The summed E-state index contributed by atoms with van der Waals surface area (Å²) < 4.78 is 5.70. The first-order valence-electron chi connectivity index (χ1n) is 8.89. The lowest BCUT2D eigenvalue weighted by Crippen LogP contribution is -1.87. The Bertz CT molecular complexity index is 581. The molecule has 2 heteroatoms. The summed E-state index contributed by atoms with van der Waals surface area (Å²) in [5.41, 5.74) is 3.42. The van der Waals surface area contributed by atoms with Crippen molar-refractivity contribution in [1.29, 1.82) is 0 Å². The molecule has 0 aliphatic heterocycles. The number of carbonyl (C=O) groups excluding carboxylic acids is 1. The number of unbranched alkanes of at least 4 members (excludes halogenated alkanes) is 4. The largest absolute Gasteiger partial charge is 0.458 e. The van der Waals surface area contributed by atoms with Crippen LogP contribution in [0.3, 0.4) is 0 Å². The molecule has 126 valence electrons. The Morgan fingerprint density at radius 1 is 1.04 bits per heavy atom. The van der Waals surface area contributed by atoms with Crippen LogP contribution in [0.2, 0.25) is 0 Å². The molecule has 0 fully saturated rings. The monoisotopic (exact) mass is 314 g/mol. The van der Waals surface area contributed by atoms with Crippen molar-refractivity contribution < 1.29 is 9.21 Å². The van der Waals surface area contributed by atoms with E-state index in [4.69, 9.17) is 4.42 Å². The van der Waals surface area contributed by atoms with Gasteiger partial charge in [0.2, 0.25) is 0 Å². The van der Waals surface area contributed by atoms with Gasteiger partial charge in [0.15, 0.2) is 12.0 Å². The summed E-state index contributed by atoms with van der Waals surface area (Å²) in [5.74, 6) is 1.37. The van der Waals surface area contributed by atoms with Gasteiger partial charge in [-0.05, 0) is 25.0 Å². The zero-order valence-electron chi connectivity index (χ0n) is 15.0. The molecular weight excluding hydrogens is 284 g/mol. The Morgan fingerprint density at radius 3 is 2.43 bits per heavy atom. The molecule has 0 saturated heterocycles. The Kier molecular flexibility index (Phi) is 9.04. The first kappa shape index (κ1) is 19.2. The second kappa shape index (κ2) is 10.8. The van der Waals surface area contributed by atoms with Crippen molar-refractivity contribution in [3.05, 3.63) is 47.4 Å². The van der Waals surface area contributed by atoms with Crippen LogP contribution in [0.15, 0.2) is 34.7 Å². The molecular formula is C21H30O2. The minimum atomic E-state index is 0.426. The highest BCUT2D eigenvalue weighted by Crippen LogP contribution is 2.29. The molecule has 1 aromatic carbocycles. The summed E-state index contributed by atoms with van der Waals surface area (Å²) in [5, 5.41) is 0. The molecule has 0 aliphatic rings. The molecule has 2 nitrogen and oxygen atoms in total. The van der Waals surface area contributed by atoms with E-state index in [0.29, 0.717) is 5.76 Å². The Balaban J connectivity index is 0.00000127. The average molecular weight is 314 g/mol. The first-order valence-corrected chi connectivity index (χ1v) is 8.89. The zero-order chi connectivity index (χ0) is 17.1. The van der Waals surface area contributed by atoms with Gasteiger partial charge >= 0.3 is 0 Å². The molecule has 0 radical (unpaired) electrons. The maximum Gasteiger partial charge on any atom is 0.185 e. The van der Waals surface area contributed by atoms with Crippen molar-refractivity contribution in [2.75, 3.05) is 0 Å². The normalized spacial score (nSPS) is 10.1. The van der Waals surface area contributed by atoms with Crippen LogP contribution < -0.4 is 0 Å². The molecule has 1 aromatic heterocycles. The minimum absolute atomic E-state index is 0.426. The van der Waals surface area contributed by atoms with E-state index in [2.05, 4.69) is 32.0 Å². The van der Waals surface area contributed by atoms with Crippen LogP contribution in [0.4, 0.5) is 0 Å². The van der Waals surface area contributed by atoms with Crippen LogP contribution in [0.5, 0.6) is 0 Å². The lowest BCUT2D eigenvalue weighted by molar-refractivity contribution is 0.109. The third kappa shape index (κ3) is 6.05. The SMILES string of the molecule is CC.CCCCCCCc1oc(C=O)cc1-c1cccc(C)c1. The second-order valence-electron chi connectivity index (χ2n) is 5.64. The highest BCUT2D eigenvalue weighted by atomic mass is 16.3. The summed E-state index contributed by atoms with van der Waals surface area (Å²) in [6, 6.07) is 10.2. The molecule has 0 atom stereocenters. The number of aryl methyl sites for hydroxylation is 2. The summed E-state index contributed by atoms with van der Waals surface area (Å²) in [7, 11) is 0. The van der Waals surface area contributed by atoms with Crippen LogP contribution in [0.1, 0.15) is 74.8 Å². The predicted molar refractivity (Wildman–Crippen MR) is 98.1 cm³/mol. The van der Waals surface area contributed by atoms with Gasteiger partial charge in [-0.1, -0.05) is 76.3 Å². The van der Waals surface area contributed by atoms with Crippen molar-refractivity contribution in [3.63, 3.8) is 0 Å². The van der Waals surface area contributed by atoms with Crippen molar-refractivity contribution in [3.8, 4) is 11.1 Å². The number of hydrogen-bond acceptors (Lipinski definition) is 2. The van der Waals surface area contributed by atoms with E-state index >= 15 is 0 Å². The molecule has 2 aromatic rings. The van der Waals surface area contributed by atoms with Gasteiger partial charge in [0.1, 0.15) is 5.76 Å². The molecule has 0 bridgehead atoms. The van der Waals surface area contributed by atoms with Crippen molar-refractivity contribution in [2.45, 2.75) is 66.2 Å². The standard InChI is InChI=1S/C19H24O2.C2H6/c1-3-4-5-6-7-11-19-18(13-17(14-20)21-19)16-10-8-9-15(2)12-16;1-2/h8-10,12-14H,3-7,11H2,1-2H3;1-2H3. The van der Waals surface area contributed by atoms with Crippen LogP contribution in [0.25, 0.3) is 11.1 Å². The van der Waals surface area contributed by atoms with Crippen molar-refractivity contribution in [1.82, 2.24) is 0 Å². The predicted octanol–water partition coefficient (Wildman–Crippen LogP) is 6.61. The molecule has 0 spiro atoms. The second-order valence-corrected chi connectivity index (χ2v) is 5.64. The quantitative estimate of drug-likeness (QED) is 0.405. The number of aldehydes is 1. The number of rotatable bonds is 8. The van der Waals surface area contributed by atoms with Gasteiger partial charge in [-0.2, -0.15) is 0 Å². The van der Waals surface area contributed by atoms with Gasteiger partial charge in [-0.15, -0.1) is 0 Å². The maximum atomic E-state index is 11.0. The molecule has 0 unspecified atom stereocenters. The van der Waals surface area contributed by atoms with E-state index in [0.717, 1.165) is 36.0 Å². The van der Waals surface area contributed by atoms with Crippen molar-refractivity contribution in [2.24, 2.45) is 0 Å². The third-order valence-corrected chi connectivity index (χ3v) is 3.78. The highest BCUT2D eigenvalue weighted by molar-refractivity contribution is 5.77. The van der Waals surface area contributed by atoms with Crippen LogP contribution in [-0.2, 0) is 6.42 Å². The fraction of sp³-hybridized carbons (Fsp3) is 0.476. The number of benzene rings is 1. The van der Waals surface area contributed by atoms with Crippen LogP contribution >= 0.6 is 0 Å². The van der Waals surface area contributed by atoms with E-state index < -0.39 is 0 Å². The third-order valence-electron chi connectivity index (χ3n) is 3.78. The molecule has 23 heavy (non-hydrogen) atoms. The summed E-state index contributed by atoms with van der Waals surface area (Å²) in [4.78, 5) is 11.0. The van der Waals surface area contributed by atoms with Crippen LogP contribution in [0, 0.1) is 6.92 Å². The fourth-order valence-electron chi connectivity index (χ4n) is 2.64. The Labute approximate surface area is 140 Å². The van der Waals surface area contributed by atoms with E-state index in [9.17, 15) is 4.79 Å². The number of furan rings is 1. The smallest absolute Gasteiger partial charge is 0.185 e. The lowest BCUT2D eigenvalue weighted by Gasteiger charge is -2.04. The molecule has 2 rings (SSSR count). The topological polar surface area (TPSA) is 30.2 Å². The number of hydrogen-bond donors (Lipinski definition) is 0. The summed E-state index contributed by atoms with van der Waals surface area (Å²) in [6.07, 6.45) is 7.86. The zero-order valence-corrected chi connectivity index (χ0v) is 15.0. The summed E-state index contributed by atoms with van der Waals surface area (Å²) in [6.45, 7) is 8.30. The average Bonchev–Trinajstić information content (AvgIpc) is 3.00. The van der Waals surface area contributed by atoms with E-state index in [1.807, 2.05) is 26.0 Å². The van der Waals surface area contributed by atoms with Gasteiger partial charge in [-0.25, -0.2) is 0 Å². The van der Waals surface area contributed by atoms with Gasteiger partial charge in [0, 0.05) is 12.0 Å². The minimum Gasteiger partial charge on any atom is -0.458 e. The van der Waals surface area contributed by atoms with Gasteiger partial charge in [0.05, 0.1) is 0 Å².